The molecule has 3 aromatic rings. The lowest BCUT2D eigenvalue weighted by Crippen LogP contribution is -2.21. The average Bonchev–Trinajstić information content (AvgIpc) is 2.62. The van der Waals surface area contributed by atoms with E-state index in [-0.39, 0.29) is 11.3 Å². The summed E-state index contributed by atoms with van der Waals surface area (Å²) >= 11 is 0. The quantitative estimate of drug-likeness (QED) is 0.729. The minimum absolute atomic E-state index is 0.0281. The van der Waals surface area contributed by atoms with Crippen LogP contribution < -0.4 is 5.32 Å². The molecule has 0 bridgehead atoms. The smallest absolute Gasteiger partial charge is 0.338 e. The first-order chi connectivity index (χ1) is 12.4. The Balaban J connectivity index is 1.66. The zero-order valence-electron chi connectivity index (χ0n) is 14.2. The van der Waals surface area contributed by atoms with E-state index in [1.54, 1.807) is 24.3 Å². The second kappa shape index (κ2) is 7.26. The van der Waals surface area contributed by atoms with Gasteiger partial charge < -0.3 is 10.1 Å². The number of anilines is 1. The number of hydrogen-bond acceptors (Lipinski definition) is 5. The van der Waals surface area contributed by atoms with Gasteiger partial charge in [-0.3, -0.25) is 4.79 Å². The van der Waals surface area contributed by atoms with Gasteiger partial charge in [0, 0.05) is 0 Å². The number of para-hydroxylation sites is 1. The van der Waals surface area contributed by atoms with Crippen LogP contribution in [0.15, 0.2) is 42.5 Å². The number of carbonyl (C=O) groups is 2. The molecule has 0 unspecified atom stereocenters. The molecule has 1 N–H and O–H groups in total. The fraction of sp³-hybridized carbons (Fsp3) is 0.158. The maximum absolute atomic E-state index is 13.5. The van der Waals surface area contributed by atoms with Crippen LogP contribution in [0.2, 0.25) is 0 Å². The molecule has 0 aliphatic heterocycles. The summed E-state index contributed by atoms with van der Waals surface area (Å²) in [5.41, 5.74) is 3.11. The summed E-state index contributed by atoms with van der Waals surface area (Å²) < 4.78 is 18.5. The summed E-state index contributed by atoms with van der Waals surface area (Å²) in [5.74, 6) is -1.86. The number of aryl methyl sites for hydroxylation is 2. The van der Waals surface area contributed by atoms with Crippen molar-refractivity contribution in [3.8, 4) is 0 Å². The van der Waals surface area contributed by atoms with Crippen molar-refractivity contribution in [1.82, 2.24) is 9.97 Å². The molecular weight excluding hydrogens is 337 g/mol. The number of aromatic nitrogens is 2. The van der Waals surface area contributed by atoms with Crippen LogP contribution in [0.5, 0.6) is 0 Å². The number of halogens is 1. The molecule has 26 heavy (non-hydrogen) atoms. The average molecular weight is 353 g/mol. The Morgan fingerprint density at radius 1 is 1.04 bits per heavy atom. The molecule has 1 heterocycles. The summed E-state index contributed by atoms with van der Waals surface area (Å²) in [6.07, 6.45) is 0. The topological polar surface area (TPSA) is 81.2 Å². The molecule has 2 aromatic carbocycles. The van der Waals surface area contributed by atoms with Gasteiger partial charge >= 0.3 is 5.97 Å². The van der Waals surface area contributed by atoms with Crippen molar-refractivity contribution in [3.05, 3.63) is 65.2 Å². The Hall–Kier alpha value is -3.35. The van der Waals surface area contributed by atoms with Gasteiger partial charge in [-0.1, -0.05) is 12.1 Å². The van der Waals surface area contributed by atoms with E-state index in [2.05, 4.69) is 15.3 Å². The van der Waals surface area contributed by atoms with Crippen LogP contribution in [0.1, 0.15) is 21.7 Å². The van der Waals surface area contributed by atoms with Gasteiger partial charge in [0.15, 0.2) is 6.61 Å². The number of esters is 1. The summed E-state index contributed by atoms with van der Waals surface area (Å²) in [6, 6.07) is 10.5. The van der Waals surface area contributed by atoms with Crippen molar-refractivity contribution in [1.29, 1.82) is 0 Å². The van der Waals surface area contributed by atoms with E-state index in [4.69, 9.17) is 4.74 Å². The molecule has 7 heteroatoms. The van der Waals surface area contributed by atoms with Crippen LogP contribution >= 0.6 is 0 Å². The molecule has 0 saturated carbocycles. The van der Waals surface area contributed by atoms with Crippen LogP contribution in [0.25, 0.3) is 11.0 Å². The second-order valence-corrected chi connectivity index (χ2v) is 5.70. The molecule has 6 nitrogen and oxygen atoms in total. The third-order valence-electron chi connectivity index (χ3n) is 3.79. The zero-order chi connectivity index (χ0) is 18.7. The van der Waals surface area contributed by atoms with E-state index >= 15 is 0 Å². The van der Waals surface area contributed by atoms with Gasteiger partial charge in [-0.2, -0.15) is 0 Å². The van der Waals surface area contributed by atoms with Crippen LogP contribution in [-0.2, 0) is 9.53 Å². The van der Waals surface area contributed by atoms with Crippen molar-refractivity contribution in [2.75, 3.05) is 11.9 Å². The number of benzene rings is 2. The molecule has 0 aliphatic rings. The lowest BCUT2D eigenvalue weighted by atomic mass is 10.2. The van der Waals surface area contributed by atoms with Crippen molar-refractivity contribution in [2.24, 2.45) is 0 Å². The molecule has 0 saturated heterocycles. The van der Waals surface area contributed by atoms with E-state index in [1.807, 2.05) is 13.8 Å². The second-order valence-electron chi connectivity index (χ2n) is 5.70. The normalized spacial score (nSPS) is 10.6. The van der Waals surface area contributed by atoms with E-state index in [1.165, 1.54) is 18.2 Å². The number of nitrogens with one attached hydrogen (secondary N) is 1. The van der Waals surface area contributed by atoms with Crippen LogP contribution in [-0.4, -0.2) is 28.5 Å². The Bertz CT molecular complexity index is 1000. The van der Waals surface area contributed by atoms with E-state index in [0.717, 1.165) is 11.4 Å². The molecule has 3 rings (SSSR count). The maximum Gasteiger partial charge on any atom is 0.338 e. The molecule has 1 amide bonds. The van der Waals surface area contributed by atoms with Gasteiger partial charge in [-0.25, -0.2) is 19.2 Å². The standard InChI is InChI=1S/C19H16FN3O3/c1-11-12(2)22-17-9-13(7-8-16(17)21-11)19(25)26-10-18(24)23-15-6-4-3-5-14(15)20/h3-9H,10H2,1-2H3,(H,23,24). The van der Waals surface area contributed by atoms with Gasteiger partial charge in [-0.05, 0) is 44.2 Å². The van der Waals surface area contributed by atoms with Gasteiger partial charge in [0.1, 0.15) is 5.82 Å². The van der Waals surface area contributed by atoms with Crippen molar-refractivity contribution < 1.29 is 18.7 Å². The van der Waals surface area contributed by atoms with Crippen molar-refractivity contribution in [3.63, 3.8) is 0 Å². The van der Waals surface area contributed by atoms with Gasteiger partial charge in [-0.15, -0.1) is 0 Å². The lowest BCUT2D eigenvalue weighted by molar-refractivity contribution is -0.119. The van der Waals surface area contributed by atoms with Crippen molar-refractivity contribution in [2.45, 2.75) is 13.8 Å². The van der Waals surface area contributed by atoms with Gasteiger partial charge in [0.2, 0.25) is 0 Å². The first-order valence-corrected chi connectivity index (χ1v) is 7.90. The molecular formula is C19H16FN3O3. The minimum atomic E-state index is -0.671. The highest BCUT2D eigenvalue weighted by Gasteiger charge is 2.13. The third kappa shape index (κ3) is 3.83. The van der Waals surface area contributed by atoms with E-state index in [9.17, 15) is 14.0 Å². The Kier molecular flexibility index (Phi) is 4.88. The van der Waals surface area contributed by atoms with Gasteiger partial charge in [0.05, 0.1) is 33.7 Å². The number of amides is 1. The number of ether oxygens (including phenoxy) is 1. The molecule has 0 atom stereocenters. The van der Waals surface area contributed by atoms with Gasteiger partial charge in [0.25, 0.3) is 5.91 Å². The predicted octanol–water partition coefficient (Wildman–Crippen LogP) is 3.18. The Morgan fingerprint density at radius 2 is 1.73 bits per heavy atom. The maximum atomic E-state index is 13.5. The van der Waals surface area contributed by atoms with E-state index in [0.29, 0.717) is 11.0 Å². The molecule has 132 valence electrons. The summed E-state index contributed by atoms with van der Waals surface area (Å²) in [4.78, 5) is 32.7. The number of nitrogens with zero attached hydrogens (tertiary/aromatic N) is 2. The zero-order valence-corrected chi connectivity index (χ0v) is 14.2. The number of hydrogen-bond donors (Lipinski definition) is 1. The highest BCUT2D eigenvalue weighted by molar-refractivity contribution is 5.97. The van der Waals surface area contributed by atoms with Crippen LogP contribution in [0, 0.1) is 19.7 Å². The summed E-state index contributed by atoms with van der Waals surface area (Å²) in [5, 5.41) is 2.35. The summed E-state index contributed by atoms with van der Waals surface area (Å²) in [6.45, 7) is 3.17. The predicted molar refractivity (Wildman–Crippen MR) is 94.3 cm³/mol. The fourth-order valence-electron chi connectivity index (χ4n) is 2.32. The highest BCUT2D eigenvalue weighted by atomic mass is 19.1. The van der Waals surface area contributed by atoms with Crippen LogP contribution in [0.3, 0.4) is 0 Å². The lowest BCUT2D eigenvalue weighted by Gasteiger charge is -2.08. The Morgan fingerprint density at radius 3 is 2.46 bits per heavy atom. The van der Waals surface area contributed by atoms with Crippen molar-refractivity contribution >= 4 is 28.6 Å². The summed E-state index contributed by atoms with van der Waals surface area (Å²) in [7, 11) is 0. The van der Waals surface area contributed by atoms with E-state index < -0.39 is 24.3 Å². The first kappa shape index (κ1) is 17.5. The van der Waals surface area contributed by atoms with Crippen LogP contribution in [0.4, 0.5) is 10.1 Å². The highest BCUT2D eigenvalue weighted by Crippen LogP contribution is 2.15. The fourth-order valence-corrected chi connectivity index (χ4v) is 2.32. The molecule has 1 aromatic heterocycles. The molecule has 0 fully saturated rings. The Labute approximate surface area is 149 Å². The first-order valence-electron chi connectivity index (χ1n) is 7.90. The molecule has 0 spiro atoms. The number of fused-ring (bicyclic) bond motifs is 1. The monoisotopic (exact) mass is 353 g/mol. The third-order valence-corrected chi connectivity index (χ3v) is 3.79. The SMILES string of the molecule is Cc1nc2ccc(C(=O)OCC(=O)Nc3ccccc3F)cc2nc1C. The minimum Gasteiger partial charge on any atom is -0.452 e. The largest absolute Gasteiger partial charge is 0.452 e. The molecule has 0 aliphatic carbocycles. The number of carbonyl (C=O) groups excluding carboxylic acids is 2. The number of rotatable bonds is 4. The molecule has 0 radical (unpaired) electrons.